The molecule has 3 aromatic rings. The van der Waals surface area contributed by atoms with E-state index in [4.69, 9.17) is 4.52 Å². The Bertz CT molecular complexity index is 1090. The lowest BCUT2D eigenvalue weighted by atomic mass is 10.1. The number of amides is 2. The summed E-state index contributed by atoms with van der Waals surface area (Å²) < 4.78 is 43.3. The third-order valence-electron chi connectivity index (χ3n) is 3.89. The quantitative estimate of drug-likeness (QED) is 0.549. The summed E-state index contributed by atoms with van der Waals surface area (Å²) in [6.45, 7) is 1.67. The lowest BCUT2D eigenvalue weighted by Crippen LogP contribution is -2.16. The van der Waals surface area contributed by atoms with Crippen molar-refractivity contribution in [2.45, 2.75) is 18.9 Å². The first kappa shape index (κ1) is 22.3. The first-order valence-electron chi connectivity index (χ1n) is 8.96. The summed E-state index contributed by atoms with van der Waals surface area (Å²) in [4.78, 5) is 28.6. The number of alkyl halides is 3. The molecule has 0 radical (unpaired) electrons. The molecule has 0 aliphatic rings. The number of carbonyl (C=O) groups is 2. The molecule has 1 aromatic heterocycles. The molecule has 0 unspecified atom stereocenters. The van der Waals surface area contributed by atoms with E-state index in [1.54, 1.807) is 19.1 Å². The molecule has 2 amide bonds. The molecule has 2 N–H and O–H groups in total. The summed E-state index contributed by atoms with van der Waals surface area (Å²) in [6, 6.07) is 10.4. The number of hydrogen-bond acceptors (Lipinski definition) is 6. The van der Waals surface area contributed by atoms with Crippen LogP contribution in [0, 0.1) is 6.92 Å². The highest BCUT2D eigenvalue weighted by molar-refractivity contribution is 7.99. The number of hydrogen-bond donors (Lipinski definition) is 2. The highest BCUT2D eigenvalue weighted by atomic mass is 32.2. The number of nitrogens with zero attached hydrogens (tertiary/aromatic N) is 2. The van der Waals surface area contributed by atoms with Gasteiger partial charge < -0.3 is 15.2 Å². The fraction of sp³-hybridized carbons (Fsp3) is 0.200. The fourth-order valence-corrected chi connectivity index (χ4v) is 3.21. The van der Waals surface area contributed by atoms with Crippen LogP contribution in [0.1, 0.15) is 27.6 Å². The molecule has 0 spiro atoms. The van der Waals surface area contributed by atoms with Crippen LogP contribution >= 0.6 is 11.8 Å². The van der Waals surface area contributed by atoms with Crippen LogP contribution in [0.15, 0.2) is 53.1 Å². The molecular weight excluding hydrogens is 433 g/mol. The predicted molar refractivity (Wildman–Crippen MR) is 110 cm³/mol. The van der Waals surface area contributed by atoms with Crippen LogP contribution in [0.4, 0.5) is 24.5 Å². The highest BCUT2D eigenvalue weighted by Gasteiger charge is 2.30. The number of halogens is 3. The van der Waals surface area contributed by atoms with Gasteiger partial charge in [-0.1, -0.05) is 17.3 Å². The second kappa shape index (κ2) is 9.65. The zero-order valence-electron chi connectivity index (χ0n) is 16.2. The van der Waals surface area contributed by atoms with Gasteiger partial charge in [0.2, 0.25) is 11.8 Å². The molecule has 0 aliphatic heterocycles. The van der Waals surface area contributed by atoms with E-state index in [0.717, 1.165) is 12.1 Å². The second-order valence-electron chi connectivity index (χ2n) is 6.38. The molecule has 0 saturated carbocycles. The van der Waals surface area contributed by atoms with Gasteiger partial charge in [-0.15, -0.1) is 11.8 Å². The highest BCUT2D eigenvalue weighted by Crippen LogP contribution is 2.30. The molecule has 0 atom stereocenters. The Morgan fingerprint density at radius 1 is 1.06 bits per heavy atom. The van der Waals surface area contributed by atoms with Crippen LogP contribution < -0.4 is 10.6 Å². The molecule has 0 bridgehead atoms. The third-order valence-corrected chi connectivity index (χ3v) is 4.82. The van der Waals surface area contributed by atoms with E-state index in [9.17, 15) is 22.8 Å². The van der Waals surface area contributed by atoms with E-state index < -0.39 is 17.6 Å². The summed E-state index contributed by atoms with van der Waals surface area (Å²) in [5, 5.41) is 8.83. The lowest BCUT2D eigenvalue weighted by molar-refractivity contribution is -0.137. The van der Waals surface area contributed by atoms with Crippen molar-refractivity contribution in [3.05, 3.63) is 71.4 Å². The Morgan fingerprint density at radius 2 is 1.77 bits per heavy atom. The number of rotatable bonds is 7. The first-order valence-corrected chi connectivity index (χ1v) is 10.1. The van der Waals surface area contributed by atoms with Crippen LogP contribution in [0.5, 0.6) is 0 Å². The Kier molecular flexibility index (Phi) is 6.95. The van der Waals surface area contributed by atoms with E-state index in [0.29, 0.717) is 23.2 Å². The lowest BCUT2D eigenvalue weighted by Gasteiger charge is -2.11. The Morgan fingerprint density at radius 3 is 2.45 bits per heavy atom. The summed E-state index contributed by atoms with van der Waals surface area (Å²) in [6.07, 6.45) is -4.51. The van der Waals surface area contributed by atoms with E-state index in [-0.39, 0.29) is 22.9 Å². The van der Waals surface area contributed by atoms with Gasteiger partial charge in [0, 0.05) is 23.9 Å². The Balaban J connectivity index is 1.56. The average molecular weight is 450 g/mol. The van der Waals surface area contributed by atoms with Crippen molar-refractivity contribution in [1.29, 1.82) is 0 Å². The van der Waals surface area contributed by atoms with Crippen LogP contribution in [0.2, 0.25) is 0 Å². The van der Waals surface area contributed by atoms with Gasteiger partial charge in [-0.2, -0.15) is 18.2 Å². The zero-order valence-corrected chi connectivity index (χ0v) is 17.0. The van der Waals surface area contributed by atoms with Gasteiger partial charge in [-0.05, 0) is 36.4 Å². The Hall–Kier alpha value is -3.34. The van der Waals surface area contributed by atoms with Gasteiger partial charge in [-0.3, -0.25) is 9.59 Å². The molecule has 0 saturated heterocycles. The number of nitrogens with one attached hydrogen (secondary N) is 2. The number of thioether (sulfide) groups is 1. The van der Waals surface area contributed by atoms with Crippen molar-refractivity contribution in [2.24, 2.45) is 0 Å². The van der Waals surface area contributed by atoms with Crippen molar-refractivity contribution in [2.75, 3.05) is 16.4 Å². The second-order valence-corrected chi connectivity index (χ2v) is 7.37. The summed E-state index contributed by atoms with van der Waals surface area (Å²) in [7, 11) is 0. The molecule has 162 valence electrons. The van der Waals surface area contributed by atoms with Crippen molar-refractivity contribution in [3.63, 3.8) is 0 Å². The molecule has 2 aromatic carbocycles. The molecule has 3 rings (SSSR count). The fourth-order valence-electron chi connectivity index (χ4n) is 2.55. The van der Waals surface area contributed by atoms with E-state index >= 15 is 0 Å². The maximum atomic E-state index is 12.8. The van der Waals surface area contributed by atoms with Crippen molar-refractivity contribution in [3.8, 4) is 0 Å². The summed E-state index contributed by atoms with van der Waals surface area (Å²) in [5.41, 5.74) is -0.273. The number of anilines is 2. The number of aromatic nitrogens is 2. The standard InChI is InChI=1S/C20H17F3N4O3S/c1-12-24-17(27-30-12)10-31-11-18(28)25-15-6-2-4-13(8-15)19(29)26-16-7-3-5-14(9-16)20(21,22)23/h2-9H,10-11H2,1H3,(H,25,28)(H,26,29). The van der Waals surface area contributed by atoms with Crippen molar-refractivity contribution >= 4 is 35.0 Å². The van der Waals surface area contributed by atoms with E-state index in [2.05, 4.69) is 20.8 Å². The maximum Gasteiger partial charge on any atom is 0.416 e. The van der Waals surface area contributed by atoms with Crippen LogP contribution in [-0.2, 0) is 16.7 Å². The molecular formula is C20H17F3N4O3S. The number of benzene rings is 2. The van der Waals surface area contributed by atoms with Gasteiger partial charge in [0.1, 0.15) is 0 Å². The SMILES string of the molecule is Cc1nc(CSCC(=O)Nc2cccc(C(=O)Nc3cccc(C(F)(F)F)c3)c2)no1. The zero-order chi connectivity index (χ0) is 22.4. The molecule has 11 heteroatoms. The average Bonchev–Trinajstić information content (AvgIpc) is 3.13. The number of aryl methyl sites for hydroxylation is 1. The van der Waals surface area contributed by atoms with Gasteiger partial charge >= 0.3 is 6.18 Å². The predicted octanol–water partition coefficient (Wildman–Crippen LogP) is 4.52. The van der Waals surface area contributed by atoms with Crippen LogP contribution in [-0.4, -0.2) is 27.7 Å². The largest absolute Gasteiger partial charge is 0.416 e. The number of carbonyl (C=O) groups excluding carboxylic acids is 2. The smallest absolute Gasteiger partial charge is 0.340 e. The van der Waals surface area contributed by atoms with Crippen molar-refractivity contribution in [1.82, 2.24) is 10.1 Å². The van der Waals surface area contributed by atoms with Gasteiger partial charge in [-0.25, -0.2) is 0 Å². The van der Waals surface area contributed by atoms with Crippen LogP contribution in [0.3, 0.4) is 0 Å². The monoisotopic (exact) mass is 450 g/mol. The van der Waals surface area contributed by atoms with Crippen LogP contribution in [0.25, 0.3) is 0 Å². The minimum absolute atomic E-state index is 0.0161. The Labute approximate surface area is 179 Å². The molecule has 1 heterocycles. The topological polar surface area (TPSA) is 97.1 Å². The third kappa shape index (κ3) is 6.57. The van der Waals surface area contributed by atoms with E-state index in [1.165, 1.54) is 36.0 Å². The maximum absolute atomic E-state index is 12.8. The molecule has 7 nitrogen and oxygen atoms in total. The summed E-state index contributed by atoms with van der Waals surface area (Å²) in [5.74, 6) is 0.583. The van der Waals surface area contributed by atoms with Gasteiger partial charge in [0.25, 0.3) is 5.91 Å². The summed E-state index contributed by atoms with van der Waals surface area (Å²) >= 11 is 1.29. The minimum Gasteiger partial charge on any atom is -0.340 e. The minimum atomic E-state index is -4.51. The molecule has 0 aliphatic carbocycles. The van der Waals surface area contributed by atoms with Gasteiger partial charge in [0.15, 0.2) is 5.82 Å². The molecule has 0 fully saturated rings. The normalized spacial score (nSPS) is 11.2. The van der Waals surface area contributed by atoms with Gasteiger partial charge in [0.05, 0.1) is 17.1 Å². The van der Waals surface area contributed by atoms with Crippen molar-refractivity contribution < 1.29 is 27.3 Å². The first-order chi connectivity index (χ1) is 14.7. The van der Waals surface area contributed by atoms with E-state index in [1.807, 2.05) is 0 Å². The molecule has 31 heavy (non-hydrogen) atoms.